The summed E-state index contributed by atoms with van der Waals surface area (Å²) >= 11 is 0. The zero-order chi connectivity index (χ0) is 19.3. The Labute approximate surface area is 161 Å². The molecule has 0 spiro atoms. The zero-order valence-electron chi connectivity index (χ0n) is 15.2. The zero-order valence-corrected chi connectivity index (χ0v) is 15.2. The van der Waals surface area contributed by atoms with E-state index in [4.69, 9.17) is 9.15 Å². The third kappa shape index (κ3) is 3.78. The number of nitrogens with zero attached hydrogens (tertiary/aromatic N) is 3. The van der Waals surface area contributed by atoms with Crippen LogP contribution in [0.2, 0.25) is 0 Å². The lowest BCUT2D eigenvalue weighted by Gasteiger charge is -2.04. The first-order valence-corrected chi connectivity index (χ1v) is 8.69. The molecule has 0 saturated carbocycles. The normalized spacial score (nSPS) is 10.6. The van der Waals surface area contributed by atoms with Gasteiger partial charge in [0.05, 0.1) is 43.1 Å². The lowest BCUT2D eigenvalue weighted by molar-refractivity contribution is 0.0947. The van der Waals surface area contributed by atoms with Gasteiger partial charge in [-0.1, -0.05) is 0 Å². The second-order valence-electron chi connectivity index (χ2n) is 6.07. The summed E-state index contributed by atoms with van der Waals surface area (Å²) in [6.45, 7) is 0.336. The second kappa shape index (κ2) is 7.79. The summed E-state index contributed by atoms with van der Waals surface area (Å²) in [6.07, 6.45) is 6.76. The minimum atomic E-state index is -0.204. The second-order valence-corrected chi connectivity index (χ2v) is 6.07. The molecule has 4 aromatic rings. The Balaban J connectivity index is 1.45. The lowest BCUT2D eigenvalue weighted by Crippen LogP contribution is -2.22. The van der Waals surface area contributed by atoms with E-state index in [1.807, 2.05) is 36.5 Å². The lowest BCUT2D eigenvalue weighted by atomic mass is 10.2. The summed E-state index contributed by atoms with van der Waals surface area (Å²) in [5, 5.41) is 7.18. The molecule has 0 aliphatic rings. The van der Waals surface area contributed by atoms with Crippen molar-refractivity contribution in [2.45, 2.75) is 6.54 Å². The number of pyridine rings is 1. The molecule has 0 aliphatic heterocycles. The minimum Gasteiger partial charge on any atom is -0.497 e. The topological polar surface area (TPSA) is 82.2 Å². The van der Waals surface area contributed by atoms with Crippen molar-refractivity contribution >= 4 is 5.91 Å². The third-order valence-corrected chi connectivity index (χ3v) is 4.24. The summed E-state index contributed by atoms with van der Waals surface area (Å²) in [5.41, 5.74) is 3.00. The maximum absolute atomic E-state index is 12.2. The molecule has 1 aromatic carbocycles. The number of carbonyl (C=O) groups excluding carboxylic acids is 1. The average molecular weight is 374 g/mol. The summed E-state index contributed by atoms with van der Waals surface area (Å²) in [7, 11) is 1.63. The fourth-order valence-electron chi connectivity index (χ4n) is 2.71. The molecule has 28 heavy (non-hydrogen) atoms. The summed E-state index contributed by atoms with van der Waals surface area (Å²) in [6, 6.07) is 14.7. The largest absolute Gasteiger partial charge is 0.497 e. The molecule has 0 fully saturated rings. The number of carbonyl (C=O) groups is 1. The van der Waals surface area contributed by atoms with Crippen LogP contribution in [0.15, 0.2) is 77.8 Å². The van der Waals surface area contributed by atoms with Crippen LogP contribution in [0, 0.1) is 0 Å². The highest BCUT2D eigenvalue weighted by Gasteiger charge is 2.09. The number of hydrogen-bond acceptors (Lipinski definition) is 5. The maximum Gasteiger partial charge on any atom is 0.253 e. The summed E-state index contributed by atoms with van der Waals surface area (Å²) in [4.78, 5) is 16.6. The van der Waals surface area contributed by atoms with E-state index in [0.29, 0.717) is 17.9 Å². The van der Waals surface area contributed by atoms with Gasteiger partial charge in [0.25, 0.3) is 5.91 Å². The number of hydrogen-bond donors (Lipinski definition) is 1. The molecule has 1 N–H and O–H groups in total. The van der Waals surface area contributed by atoms with E-state index in [1.165, 1.54) is 0 Å². The molecule has 0 aliphatic carbocycles. The predicted octanol–water partition coefficient (Wildman–Crippen LogP) is 3.47. The van der Waals surface area contributed by atoms with Crippen LogP contribution in [-0.4, -0.2) is 27.8 Å². The van der Waals surface area contributed by atoms with Gasteiger partial charge in [-0.15, -0.1) is 0 Å². The van der Waals surface area contributed by atoms with Gasteiger partial charge in [-0.05, 0) is 48.5 Å². The monoisotopic (exact) mass is 374 g/mol. The number of furan rings is 1. The van der Waals surface area contributed by atoms with Crippen LogP contribution in [0.1, 0.15) is 16.1 Å². The van der Waals surface area contributed by atoms with Crippen molar-refractivity contribution in [3.8, 4) is 22.7 Å². The molecule has 7 heteroatoms. The first kappa shape index (κ1) is 17.5. The van der Waals surface area contributed by atoms with Crippen molar-refractivity contribution in [1.82, 2.24) is 20.1 Å². The fraction of sp³-hybridized carbons (Fsp3) is 0.0952. The Morgan fingerprint density at radius 2 is 2.00 bits per heavy atom. The number of nitrogens with one attached hydrogen (secondary N) is 1. The number of benzene rings is 1. The molecular formula is C21H18N4O3. The van der Waals surface area contributed by atoms with Crippen LogP contribution in [0.4, 0.5) is 0 Å². The maximum atomic E-state index is 12.2. The van der Waals surface area contributed by atoms with Crippen molar-refractivity contribution in [1.29, 1.82) is 0 Å². The van der Waals surface area contributed by atoms with Crippen LogP contribution in [0.3, 0.4) is 0 Å². The van der Waals surface area contributed by atoms with Crippen molar-refractivity contribution in [2.75, 3.05) is 7.11 Å². The molecule has 4 rings (SSSR count). The molecule has 0 saturated heterocycles. The van der Waals surface area contributed by atoms with Crippen LogP contribution in [0.25, 0.3) is 16.9 Å². The van der Waals surface area contributed by atoms with Gasteiger partial charge in [0.15, 0.2) is 0 Å². The van der Waals surface area contributed by atoms with Crippen LogP contribution >= 0.6 is 0 Å². The number of aromatic nitrogens is 3. The SMILES string of the molecule is COc1ccc(-n2cc(-c3ccc(C(=O)NCc4ccco4)cn3)cn2)cc1. The van der Waals surface area contributed by atoms with Gasteiger partial charge >= 0.3 is 0 Å². The summed E-state index contributed by atoms with van der Waals surface area (Å²) < 4.78 is 12.1. The van der Waals surface area contributed by atoms with E-state index >= 15 is 0 Å². The van der Waals surface area contributed by atoms with Crippen LogP contribution < -0.4 is 10.1 Å². The predicted molar refractivity (Wildman–Crippen MR) is 103 cm³/mol. The number of ether oxygens (including phenoxy) is 1. The van der Waals surface area contributed by atoms with Crippen molar-refractivity contribution in [3.63, 3.8) is 0 Å². The highest BCUT2D eigenvalue weighted by atomic mass is 16.5. The molecule has 0 unspecified atom stereocenters. The van der Waals surface area contributed by atoms with Gasteiger partial charge in [0, 0.05) is 18.0 Å². The van der Waals surface area contributed by atoms with Gasteiger partial charge in [0.1, 0.15) is 11.5 Å². The van der Waals surface area contributed by atoms with Gasteiger partial charge < -0.3 is 14.5 Å². The fourth-order valence-corrected chi connectivity index (χ4v) is 2.71. The van der Waals surface area contributed by atoms with Crippen LogP contribution in [-0.2, 0) is 6.54 Å². The number of amides is 1. The molecule has 0 radical (unpaired) electrons. The highest BCUT2D eigenvalue weighted by molar-refractivity contribution is 5.94. The van der Waals surface area contributed by atoms with Crippen molar-refractivity contribution in [2.24, 2.45) is 0 Å². The quantitative estimate of drug-likeness (QED) is 0.559. The number of methoxy groups -OCH3 is 1. The van der Waals surface area contributed by atoms with E-state index in [1.54, 1.807) is 48.6 Å². The van der Waals surface area contributed by atoms with Gasteiger partial charge in [-0.3, -0.25) is 9.78 Å². The molecule has 0 atom stereocenters. The Kier molecular flexibility index (Phi) is 4.88. The Morgan fingerprint density at radius 1 is 1.14 bits per heavy atom. The molecule has 7 nitrogen and oxygen atoms in total. The highest BCUT2D eigenvalue weighted by Crippen LogP contribution is 2.20. The molecule has 140 valence electrons. The van der Waals surface area contributed by atoms with E-state index in [9.17, 15) is 4.79 Å². The summed E-state index contributed by atoms with van der Waals surface area (Å²) in [5.74, 6) is 1.28. The smallest absolute Gasteiger partial charge is 0.253 e. The molecule has 1 amide bonds. The minimum absolute atomic E-state index is 0.204. The van der Waals surface area contributed by atoms with Gasteiger partial charge in [-0.25, -0.2) is 4.68 Å². The average Bonchev–Trinajstić information content (AvgIpc) is 3.44. The van der Waals surface area contributed by atoms with E-state index in [2.05, 4.69) is 15.4 Å². The van der Waals surface area contributed by atoms with E-state index in [0.717, 1.165) is 22.7 Å². The van der Waals surface area contributed by atoms with Crippen molar-refractivity contribution < 1.29 is 13.9 Å². The van der Waals surface area contributed by atoms with Crippen molar-refractivity contribution in [3.05, 3.63) is 84.7 Å². The van der Waals surface area contributed by atoms with E-state index in [-0.39, 0.29) is 5.91 Å². The molecule has 3 heterocycles. The Hall–Kier alpha value is -3.87. The Bertz CT molecular complexity index is 1050. The van der Waals surface area contributed by atoms with Gasteiger partial charge in [-0.2, -0.15) is 5.10 Å². The molecule has 0 bridgehead atoms. The molecular weight excluding hydrogens is 356 g/mol. The van der Waals surface area contributed by atoms with Crippen LogP contribution in [0.5, 0.6) is 5.75 Å². The first-order valence-electron chi connectivity index (χ1n) is 8.69. The molecule has 3 aromatic heterocycles. The van der Waals surface area contributed by atoms with E-state index < -0.39 is 0 Å². The third-order valence-electron chi connectivity index (χ3n) is 4.24. The Morgan fingerprint density at radius 3 is 2.68 bits per heavy atom. The standard InChI is InChI=1S/C21H18N4O3/c1-27-18-7-5-17(6-8-18)25-14-16(12-24-25)20-9-4-15(11-22-20)21(26)23-13-19-3-2-10-28-19/h2-12,14H,13H2,1H3,(H,23,26). The number of rotatable bonds is 6. The first-order chi connectivity index (χ1) is 13.7. The van der Waals surface area contributed by atoms with Gasteiger partial charge in [0.2, 0.25) is 0 Å².